The second-order valence-corrected chi connectivity index (χ2v) is 8.63. The van der Waals surface area contributed by atoms with E-state index in [1.165, 1.54) is 11.8 Å². The predicted molar refractivity (Wildman–Crippen MR) is 114 cm³/mol. The summed E-state index contributed by atoms with van der Waals surface area (Å²) in [6.45, 7) is 3.76. The summed E-state index contributed by atoms with van der Waals surface area (Å²) >= 11 is 7.60. The number of thioether (sulfide) groups is 1. The Kier molecular flexibility index (Phi) is 5.48. The van der Waals surface area contributed by atoms with Gasteiger partial charge in [0.25, 0.3) is 0 Å². The van der Waals surface area contributed by atoms with Gasteiger partial charge in [-0.1, -0.05) is 65.8 Å². The first-order valence-corrected chi connectivity index (χ1v) is 10.5. The van der Waals surface area contributed by atoms with Crippen LogP contribution in [0.1, 0.15) is 31.0 Å². The fourth-order valence-electron chi connectivity index (χ4n) is 3.46. The van der Waals surface area contributed by atoms with Gasteiger partial charge < -0.3 is 4.74 Å². The molecule has 1 saturated heterocycles. The minimum Gasteiger partial charge on any atom is -0.457 e. The van der Waals surface area contributed by atoms with Crippen LogP contribution in [0, 0.1) is 0 Å². The number of aliphatic imine (C=N–C) groups is 1. The molecule has 0 saturated carbocycles. The van der Waals surface area contributed by atoms with E-state index in [0.717, 1.165) is 11.1 Å². The average molecular weight is 427 g/mol. The van der Waals surface area contributed by atoms with Crippen molar-refractivity contribution < 1.29 is 14.3 Å². The van der Waals surface area contributed by atoms with Gasteiger partial charge in [-0.3, -0.25) is 9.69 Å². The van der Waals surface area contributed by atoms with Crippen LogP contribution < -0.4 is 0 Å². The van der Waals surface area contributed by atoms with Crippen LogP contribution in [-0.2, 0) is 20.9 Å². The highest BCUT2D eigenvalue weighted by atomic mass is 35.5. The first-order chi connectivity index (χ1) is 14.0. The maximum absolute atomic E-state index is 13.1. The third-order valence-electron chi connectivity index (χ3n) is 4.86. The topological polar surface area (TPSA) is 59.0 Å². The zero-order valence-corrected chi connectivity index (χ0v) is 17.5. The largest absolute Gasteiger partial charge is 0.457 e. The van der Waals surface area contributed by atoms with Crippen molar-refractivity contribution in [2.24, 2.45) is 4.99 Å². The van der Waals surface area contributed by atoms with Gasteiger partial charge in [-0.05, 0) is 37.1 Å². The van der Waals surface area contributed by atoms with E-state index in [2.05, 4.69) is 4.99 Å². The number of rotatable bonds is 4. The van der Waals surface area contributed by atoms with E-state index in [9.17, 15) is 9.59 Å². The molecule has 148 valence electrons. The third kappa shape index (κ3) is 3.82. The Morgan fingerprint density at radius 1 is 1.21 bits per heavy atom. The van der Waals surface area contributed by atoms with Crippen molar-refractivity contribution >= 4 is 40.4 Å². The van der Waals surface area contributed by atoms with Crippen molar-refractivity contribution in [1.82, 2.24) is 4.90 Å². The van der Waals surface area contributed by atoms with Crippen molar-refractivity contribution in [1.29, 1.82) is 0 Å². The van der Waals surface area contributed by atoms with E-state index in [1.54, 1.807) is 24.0 Å². The quantitative estimate of drug-likeness (QED) is 0.663. The lowest BCUT2D eigenvalue weighted by Crippen LogP contribution is -2.40. The number of amidine groups is 1. The number of amides is 1. The molecule has 2 aliphatic heterocycles. The molecule has 0 spiro atoms. The van der Waals surface area contributed by atoms with E-state index in [-0.39, 0.29) is 17.8 Å². The molecule has 29 heavy (non-hydrogen) atoms. The van der Waals surface area contributed by atoms with E-state index in [4.69, 9.17) is 16.3 Å². The fourth-order valence-corrected chi connectivity index (χ4v) is 4.68. The summed E-state index contributed by atoms with van der Waals surface area (Å²) in [7, 11) is 0. The van der Waals surface area contributed by atoms with Gasteiger partial charge in [0.05, 0.1) is 22.6 Å². The van der Waals surface area contributed by atoms with Crippen LogP contribution in [0.4, 0.5) is 0 Å². The Balaban J connectivity index is 1.72. The summed E-state index contributed by atoms with van der Waals surface area (Å²) in [6.07, 6.45) is 0. The van der Waals surface area contributed by atoms with E-state index >= 15 is 0 Å². The van der Waals surface area contributed by atoms with E-state index < -0.39 is 12.0 Å². The summed E-state index contributed by atoms with van der Waals surface area (Å²) < 4.78 is 5.59. The number of esters is 1. The molecule has 1 fully saturated rings. The molecule has 5 nitrogen and oxygen atoms in total. The molecule has 0 unspecified atom stereocenters. The molecule has 0 bridgehead atoms. The van der Waals surface area contributed by atoms with Gasteiger partial charge in [-0.15, -0.1) is 0 Å². The molecule has 1 amide bonds. The number of halogens is 1. The van der Waals surface area contributed by atoms with Crippen LogP contribution in [0.2, 0.25) is 5.02 Å². The highest BCUT2D eigenvalue weighted by molar-refractivity contribution is 8.15. The molecule has 0 N–H and O–H groups in total. The van der Waals surface area contributed by atoms with Crippen molar-refractivity contribution in [3.05, 3.63) is 82.0 Å². The summed E-state index contributed by atoms with van der Waals surface area (Å²) in [4.78, 5) is 32.1. The Bertz CT molecular complexity index is 1040. The molecule has 0 aromatic heterocycles. The molecule has 7 heteroatoms. The number of benzene rings is 2. The van der Waals surface area contributed by atoms with Crippen LogP contribution in [0.25, 0.3) is 0 Å². The number of fused-ring (bicyclic) bond motifs is 1. The fraction of sp³-hybridized carbons (Fsp3) is 0.227. The van der Waals surface area contributed by atoms with E-state index in [0.29, 0.717) is 21.5 Å². The van der Waals surface area contributed by atoms with Crippen LogP contribution in [0.15, 0.2) is 70.9 Å². The third-order valence-corrected chi connectivity index (χ3v) is 6.14. The zero-order valence-electron chi connectivity index (χ0n) is 16.0. The Labute approximate surface area is 178 Å². The molecular weight excluding hydrogens is 408 g/mol. The monoisotopic (exact) mass is 426 g/mol. The van der Waals surface area contributed by atoms with Crippen LogP contribution in [-0.4, -0.2) is 27.2 Å². The summed E-state index contributed by atoms with van der Waals surface area (Å²) in [6, 6.07) is 16.1. The zero-order chi connectivity index (χ0) is 20.5. The Morgan fingerprint density at radius 3 is 2.69 bits per heavy atom. The Hall–Kier alpha value is -2.57. The lowest BCUT2D eigenvalue weighted by molar-refractivity contribution is -0.141. The smallest absolute Gasteiger partial charge is 0.338 e. The van der Waals surface area contributed by atoms with Crippen molar-refractivity contribution in [2.75, 3.05) is 0 Å². The van der Waals surface area contributed by atoms with Gasteiger partial charge in [0.1, 0.15) is 6.61 Å². The number of hydrogen-bond acceptors (Lipinski definition) is 5. The second kappa shape index (κ2) is 8.05. The predicted octanol–water partition coefficient (Wildman–Crippen LogP) is 4.73. The number of allylic oxidation sites excluding steroid dienone is 1. The molecule has 0 aliphatic carbocycles. The average Bonchev–Trinajstić information content (AvgIpc) is 2.99. The lowest BCUT2D eigenvalue weighted by Gasteiger charge is -2.33. The minimum absolute atomic E-state index is 0.0837. The summed E-state index contributed by atoms with van der Waals surface area (Å²) in [5.74, 6) is -0.573. The molecule has 2 atom stereocenters. The van der Waals surface area contributed by atoms with Crippen LogP contribution in [0.3, 0.4) is 0 Å². The summed E-state index contributed by atoms with van der Waals surface area (Å²) in [5.41, 5.74) is 2.54. The van der Waals surface area contributed by atoms with Gasteiger partial charge in [-0.25, -0.2) is 9.79 Å². The molecule has 4 rings (SSSR count). The van der Waals surface area contributed by atoms with E-state index in [1.807, 2.05) is 49.4 Å². The van der Waals surface area contributed by atoms with Crippen molar-refractivity contribution in [3.8, 4) is 0 Å². The maximum atomic E-state index is 13.1. The number of carbonyl (C=O) groups is 2. The van der Waals surface area contributed by atoms with Gasteiger partial charge in [0.15, 0.2) is 5.17 Å². The molecule has 2 heterocycles. The number of nitrogens with zero attached hydrogens (tertiary/aromatic N) is 2. The lowest BCUT2D eigenvalue weighted by atomic mass is 9.94. The van der Waals surface area contributed by atoms with Crippen LogP contribution >= 0.6 is 23.4 Å². The maximum Gasteiger partial charge on any atom is 0.338 e. The van der Waals surface area contributed by atoms with Crippen molar-refractivity contribution in [2.45, 2.75) is 31.7 Å². The van der Waals surface area contributed by atoms with Crippen LogP contribution in [0.5, 0.6) is 0 Å². The first kappa shape index (κ1) is 19.7. The molecular formula is C22H19ClN2O3S. The minimum atomic E-state index is -0.616. The van der Waals surface area contributed by atoms with Crippen molar-refractivity contribution in [3.63, 3.8) is 0 Å². The number of hydrogen-bond donors (Lipinski definition) is 0. The standard InChI is InChI=1S/C22H19ClN2O3S/c1-13-18(21(27)28-12-15-7-4-3-5-8-15)19(16-9-6-10-17(23)11-16)25-20(26)14(2)29-22(25)24-13/h3-11,14,19H,12H2,1-2H3/t14-,19-/m0/s1. The number of carbonyl (C=O) groups excluding carboxylic acids is 2. The highest BCUT2D eigenvalue weighted by Crippen LogP contribution is 2.43. The molecule has 2 aliphatic rings. The normalized spacial score (nSPS) is 21.1. The molecule has 0 radical (unpaired) electrons. The number of ether oxygens (including phenoxy) is 1. The SMILES string of the molecule is CC1=C(C(=O)OCc2ccccc2)[C@H](c2cccc(Cl)c2)N2C(=O)[C@H](C)SC2=N1. The van der Waals surface area contributed by atoms with Gasteiger partial charge in [0.2, 0.25) is 5.91 Å². The highest BCUT2D eigenvalue weighted by Gasteiger charge is 2.46. The van der Waals surface area contributed by atoms with Gasteiger partial charge in [-0.2, -0.15) is 0 Å². The second-order valence-electron chi connectivity index (χ2n) is 6.88. The molecule has 2 aromatic rings. The Morgan fingerprint density at radius 2 is 1.97 bits per heavy atom. The summed E-state index contributed by atoms with van der Waals surface area (Å²) in [5, 5.41) is 0.876. The first-order valence-electron chi connectivity index (χ1n) is 9.21. The van der Waals surface area contributed by atoms with Gasteiger partial charge in [0, 0.05) is 5.02 Å². The van der Waals surface area contributed by atoms with Gasteiger partial charge >= 0.3 is 5.97 Å². The molecule has 2 aromatic carbocycles.